The number of likely N-dealkylation sites (tertiary alicyclic amines) is 1. The first-order valence-corrected chi connectivity index (χ1v) is 10.7. The standard InChI is InChI=1S/C22H36N4O2/c1-5-27-20-11-18-10-17(3)28-21(18)12-19(20)14-25-22(23-4)24-13-16(2)15-26-8-6-7-9-26/h11-12,16-17H,5-10,13-15H2,1-4H3,(H2,23,24,25). The fourth-order valence-corrected chi connectivity index (χ4v) is 4.05. The van der Waals surface area contributed by atoms with E-state index in [4.69, 9.17) is 9.47 Å². The highest BCUT2D eigenvalue weighted by atomic mass is 16.5. The molecule has 0 spiro atoms. The van der Waals surface area contributed by atoms with Crippen LogP contribution in [0.1, 0.15) is 44.7 Å². The molecule has 6 heteroatoms. The predicted molar refractivity (Wildman–Crippen MR) is 114 cm³/mol. The number of aliphatic imine (C=N–C) groups is 1. The maximum absolute atomic E-state index is 5.92. The first-order chi connectivity index (χ1) is 13.6. The molecule has 0 radical (unpaired) electrons. The molecule has 156 valence electrons. The Labute approximate surface area is 169 Å². The molecule has 1 aromatic rings. The van der Waals surface area contributed by atoms with E-state index in [1.165, 1.54) is 31.5 Å². The molecule has 3 rings (SSSR count). The molecular formula is C22H36N4O2. The van der Waals surface area contributed by atoms with Gasteiger partial charge in [-0.3, -0.25) is 4.99 Å². The fraction of sp³-hybridized carbons (Fsp3) is 0.682. The Morgan fingerprint density at radius 2 is 2.11 bits per heavy atom. The maximum atomic E-state index is 5.92. The summed E-state index contributed by atoms with van der Waals surface area (Å²) in [6, 6.07) is 4.24. The van der Waals surface area contributed by atoms with E-state index in [1.807, 2.05) is 14.0 Å². The molecule has 2 aliphatic heterocycles. The van der Waals surface area contributed by atoms with Gasteiger partial charge in [0.15, 0.2) is 5.96 Å². The number of benzene rings is 1. The summed E-state index contributed by atoms with van der Waals surface area (Å²) in [7, 11) is 1.82. The second-order valence-electron chi connectivity index (χ2n) is 8.05. The minimum absolute atomic E-state index is 0.235. The van der Waals surface area contributed by atoms with Gasteiger partial charge in [0.2, 0.25) is 0 Å². The highest BCUT2D eigenvalue weighted by Gasteiger charge is 2.22. The Balaban J connectivity index is 1.53. The van der Waals surface area contributed by atoms with E-state index in [1.54, 1.807) is 0 Å². The number of fused-ring (bicyclic) bond motifs is 1. The summed E-state index contributed by atoms with van der Waals surface area (Å²) >= 11 is 0. The Morgan fingerprint density at radius 1 is 1.32 bits per heavy atom. The SMILES string of the molecule is CCOc1cc2c(cc1CNC(=NC)NCC(C)CN1CCCC1)OC(C)C2. The van der Waals surface area contributed by atoms with Crippen LogP contribution < -0.4 is 20.1 Å². The topological polar surface area (TPSA) is 58.1 Å². The summed E-state index contributed by atoms with van der Waals surface area (Å²) in [4.78, 5) is 6.93. The highest BCUT2D eigenvalue weighted by molar-refractivity contribution is 5.79. The van der Waals surface area contributed by atoms with Crippen LogP contribution >= 0.6 is 0 Å². The smallest absolute Gasteiger partial charge is 0.191 e. The summed E-state index contributed by atoms with van der Waals surface area (Å²) in [5.74, 6) is 3.33. The van der Waals surface area contributed by atoms with Gasteiger partial charge in [-0.2, -0.15) is 0 Å². The van der Waals surface area contributed by atoms with Gasteiger partial charge in [0, 0.05) is 44.2 Å². The van der Waals surface area contributed by atoms with E-state index in [0.717, 1.165) is 42.5 Å². The van der Waals surface area contributed by atoms with Crippen molar-refractivity contribution in [1.82, 2.24) is 15.5 Å². The van der Waals surface area contributed by atoms with Crippen LogP contribution in [0.4, 0.5) is 0 Å². The normalized spacial score (nSPS) is 20.6. The molecule has 6 nitrogen and oxygen atoms in total. The van der Waals surface area contributed by atoms with Gasteiger partial charge in [0.1, 0.15) is 17.6 Å². The van der Waals surface area contributed by atoms with Crippen molar-refractivity contribution in [2.24, 2.45) is 10.9 Å². The monoisotopic (exact) mass is 388 g/mol. The Hall–Kier alpha value is -1.95. The van der Waals surface area contributed by atoms with E-state index in [0.29, 0.717) is 19.1 Å². The second-order valence-corrected chi connectivity index (χ2v) is 8.05. The first-order valence-electron chi connectivity index (χ1n) is 10.7. The van der Waals surface area contributed by atoms with E-state index >= 15 is 0 Å². The molecule has 2 heterocycles. The molecule has 2 atom stereocenters. The number of hydrogen-bond donors (Lipinski definition) is 2. The zero-order valence-electron chi connectivity index (χ0n) is 17.9. The lowest BCUT2D eigenvalue weighted by atomic mass is 10.1. The zero-order chi connectivity index (χ0) is 19.9. The van der Waals surface area contributed by atoms with E-state index in [2.05, 4.69) is 46.5 Å². The van der Waals surface area contributed by atoms with Crippen molar-refractivity contribution < 1.29 is 9.47 Å². The number of rotatable bonds is 8. The van der Waals surface area contributed by atoms with Crippen LogP contribution in [0.25, 0.3) is 0 Å². The number of ether oxygens (including phenoxy) is 2. The van der Waals surface area contributed by atoms with Crippen molar-refractivity contribution in [3.63, 3.8) is 0 Å². The van der Waals surface area contributed by atoms with Crippen LogP contribution in [0.2, 0.25) is 0 Å². The van der Waals surface area contributed by atoms with Crippen LogP contribution in [0, 0.1) is 5.92 Å². The molecule has 2 unspecified atom stereocenters. The number of nitrogens with zero attached hydrogens (tertiary/aromatic N) is 2. The average molecular weight is 389 g/mol. The van der Waals surface area contributed by atoms with Crippen molar-refractivity contribution in [2.45, 2.75) is 52.7 Å². The van der Waals surface area contributed by atoms with Gasteiger partial charge < -0.3 is 25.0 Å². The molecular weight excluding hydrogens is 352 g/mol. The Kier molecular flexibility index (Phi) is 7.43. The quantitative estimate of drug-likeness (QED) is 0.530. The minimum atomic E-state index is 0.235. The number of guanidine groups is 1. The molecule has 1 fully saturated rings. The van der Waals surface area contributed by atoms with Crippen molar-refractivity contribution in [2.75, 3.05) is 39.8 Å². The third kappa shape index (κ3) is 5.53. The maximum Gasteiger partial charge on any atom is 0.191 e. The lowest BCUT2D eigenvalue weighted by Crippen LogP contribution is -2.41. The Morgan fingerprint density at radius 3 is 2.82 bits per heavy atom. The van der Waals surface area contributed by atoms with E-state index < -0.39 is 0 Å². The molecule has 28 heavy (non-hydrogen) atoms. The van der Waals surface area contributed by atoms with Gasteiger partial charge in [0.25, 0.3) is 0 Å². The van der Waals surface area contributed by atoms with Crippen molar-refractivity contribution in [1.29, 1.82) is 0 Å². The fourth-order valence-electron chi connectivity index (χ4n) is 4.05. The molecule has 2 N–H and O–H groups in total. The van der Waals surface area contributed by atoms with Crippen molar-refractivity contribution in [3.05, 3.63) is 23.3 Å². The van der Waals surface area contributed by atoms with Gasteiger partial charge in [0.05, 0.1) is 6.61 Å². The minimum Gasteiger partial charge on any atom is -0.494 e. The van der Waals surface area contributed by atoms with Gasteiger partial charge in [-0.1, -0.05) is 6.92 Å². The zero-order valence-corrected chi connectivity index (χ0v) is 17.9. The summed E-state index contributed by atoms with van der Waals surface area (Å²) in [6.07, 6.45) is 3.87. The third-order valence-corrected chi connectivity index (χ3v) is 5.44. The number of nitrogens with one attached hydrogen (secondary N) is 2. The molecule has 0 saturated carbocycles. The summed E-state index contributed by atoms with van der Waals surface area (Å²) in [5, 5.41) is 6.89. The molecule has 1 saturated heterocycles. The van der Waals surface area contributed by atoms with Crippen LogP contribution in [0.15, 0.2) is 17.1 Å². The molecule has 1 aromatic carbocycles. The van der Waals surface area contributed by atoms with Gasteiger partial charge >= 0.3 is 0 Å². The number of hydrogen-bond acceptors (Lipinski definition) is 4. The van der Waals surface area contributed by atoms with Gasteiger partial charge in [-0.15, -0.1) is 0 Å². The molecule has 0 amide bonds. The van der Waals surface area contributed by atoms with E-state index in [-0.39, 0.29) is 6.10 Å². The summed E-state index contributed by atoms with van der Waals surface area (Å²) < 4.78 is 11.8. The Bertz CT molecular complexity index is 671. The molecule has 0 aromatic heterocycles. The van der Waals surface area contributed by atoms with Crippen LogP contribution in [0.3, 0.4) is 0 Å². The third-order valence-electron chi connectivity index (χ3n) is 5.44. The van der Waals surface area contributed by atoms with Crippen molar-refractivity contribution in [3.8, 4) is 11.5 Å². The first kappa shape index (κ1) is 20.8. The predicted octanol–water partition coefficient (Wildman–Crippen LogP) is 2.81. The van der Waals surface area contributed by atoms with Crippen molar-refractivity contribution >= 4 is 5.96 Å². The summed E-state index contributed by atoms with van der Waals surface area (Å²) in [5.41, 5.74) is 2.33. The molecule has 0 aliphatic carbocycles. The van der Waals surface area contributed by atoms with E-state index in [9.17, 15) is 0 Å². The average Bonchev–Trinajstić information content (AvgIpc) is 3.30. The van der Waals surface area contributed by atoms with Crippen LogP contribution in [0.5, 0.6) is 11.5 Å². The van der Waals surface area contributed by atoms with Gasteiger partial charge in [-0.05, 0) is 57.8 Å². The lowest BCUT2D eigenvalue weighted by Gasteiger charge is -2.21. The highest BCUT2D eigenvalue weighted by Crippen LogP contribution is 2.35. The largest absolute Gasteiger partial charge is 0.494 e. The lowest BCUT2D eigenvalue weighted by molar-refractivity contribution is 0.254. The van der Waals surface area contributed by atoms with Gasteiger partial charge in [-0.25, -0.2) is 0 Å². The molecule has 2 aliphatic rings. The summed E-state index contributed by atoms with van der Waals surface area (Å²) in [6.45, 7) is 12.3. The molecule has 0 bridgehead atoms. The van der Waals surface area contributed by atoms with Crippen LogP contribution in [-0.2, 0) is 13.0 Å². The second kappa shape index (κ2) is 10.0. The van der Waals surface area contributed by atoms with Crippen LogP contribution in [-0.4, -0.2) is 56.8 Å².